The molecule has 4 aromatic heterocycles. The van der Waals surface area contributed by atoms with Gasteiger partial charge in [0.15, 0.2) is 0 Å². The van der Waals surface area contributed by atoms with Gasteiger partial charge in [-0.15, -0.1) is 0 Å². The second kappa shape index (κ2) is 8.99. The van der Waals surface area contributed by atoms with Crippen molar-refractivity contribution < 1.29 is 22.0 Å². The van der Waals surface area contributed by atoms with Crippen LogP contribution in [-0.4, -0.2) is 45.1 Å². The molecule has 5 aromatic rings. The first-order valence-electron chi connectivity index (χ1n) is 11.0. The summed E-state index contributed by atoms with van der Waals surface area (Å²) in [4.78, 5) is 51.5. The maximum Gasteiger partial charge on any atom is 0.282 e. The molecular weight excluding hydrogens is 522 g/mol. The Morgan fingerprint density at radius 2 is 1.87 bits per heavy atom. The Kier molecular flexibility index (Phi) is 5.90. The summed E-state index contributed by atoms with van der Waals surface area (Å²) in [6.45, 7) is 0.928. The predicted molar refractivity (Wildman–Crippen MR) is 134 cm³/mol. The number of carbonyl (C=O) groups excluding carboxylic acids is 1. The Morgan fingerprint density at radius 1 is 1.11 bits per heavy atom. The van der Waals surface area contributed by atoms with Crippen molar-refractivity contribution in [3.05, 3.63) is 92.1 Å². The topological polar surface area (TPSA) is 160 Å². The van der Waals surface area contributed by atoms with Crippen molar-refractivity contribution in [2.75, 3.05) is 6.26 Å². The van der Waals surface area contributed by atoms with Gasteiger partial charge in [0, 0.05) is 29.5 Å². The van der Waals surface area contributed by atoms with E-state index in [1.54, 1.807) is 0 Å². The lowest BCUT2D eigenvalue weighted by atomic mass is 10.1. The van der Waals surface area contributed by atoms with Crippen molar-refractivity contribution >= 4 is 37.9 Å². The number of nitrogens with one attached hydrogen (secondary N) is 3. The molecule has 0 unspecified atom stereocenters. The second-order valence-electron chi connectivity index (χ2n) is 8.54. The molecule has 0 spiro atoms. The van der Waals surface area contributed by atoms with Gasteiger partial charge >= 0.3 is 0 Å². The summed E-state index contributed by atoms with van der Waals surface area (Å²) in [5.74, 6) is -2.69. The fourth-order valence-corrected chi connectivity index (χ4v) is 4.68. The molecule has 194 valence electrons. The molecule has 0 radical (unpaired) electrons. The summed E-state index contributed by atoms with van der Waals surface area (Å²) in [5, 5.41) is 0.0578. The number of carbonyl (C=O) groups is 1. The van der Waals surface area contributed by atoms with Gasteiger partial charge in [0.25, 0.3) is 17.0 Å². The highest BCUT2D eigenvalue weighted by Gasteiger charge is 2.29. The Morgan fingerprint density at radius 3 is 2.58 bits per heavy atom. The molecule has 1 amide bonds. The standard InChI is InChI=1S/C24H18F2N6O5S/c1-11-15(25)8-18-20(30-11)19(13-4-3-5-27-22(13)33)21(24(35)31-38(2,36)37)32(18)9-12-6-14-17(7-16(12)26)28-10-29-23(14)34/h3-8,10H,9H2,1-2H3,(H,27,33)(H,31,35)(H,28,29,34). The molecule has 1 aromatic carbocycles. The first-order chi connectivity index (χ1) is 17.9. The van der Waals surface area contributed by atoms with Crippen LogP contribution in [0.1, 0.15) is 21.7 Å². The maximum atomic E-state index is 15.2. The van der Waals surface area contributed by atoms with E-state index in [0.29, 0.717) is 0 Å². The van der Waals surface area contributed by atoms with Crippen LogP contribution < -0.4 is 15.8 Å². The lowest BCUT2D eigenvalue weighted by molar-refractivity contribution is 0.0974. The van der Waals surface area contributed by atoms with Crippen LogP contribution >= 0.6 is 0 Å². The number of hydrogen-bond acceptors (Lipinski definition) is 7. The van der Waals surface area contributed by atoms with E-state index < -0.39 is 45.2 Å². The first-order valence-corrected chi connectivity index (χ1v) is 12.9. The molecule has 0 aliphatic rings. The zero-order valence-corrected chi connectivity index (χ0v) is 20.6. The van der Waals surface area contributed by atoms with Crippen LogP contribution in [0.5, 0.6) is 0 Å². The summed E-state index contributed by atoms with van der Waals surface area (Å²) >= 11 is 0. The highest BCUT2D eigenvalue weighted by Crippen LogP contribution is 2.34. The van der Waals surface area contributed by atoms with E-state index >= 15 is 4.39 Å². The van der Waals surface area contributed by atoms with Gasteiger partial charge in [0.1, 0.15) is 17.3 Å². The minimum Gasteiger partial charge on any atom is -0.330 e. The van der Waals surface area contributed by atoms with Crippen LogP contribution in [-0.2, 0) is 16.6 Å². The monoisotopic (exact) mass is 540 g/mol. The van der Waals surface area contributed by atoms with E-state index in [0.717, 1.165) is 29.3 Å². The van der Waals surface area contributed by atoms with Crippen LogP contribution in [0.3, 0.4) is 0 Å². The van der Waals surface area contributed by atoms with Crippen molar-refractivity contribution in [3.8, 4) is 11.1 Å². The molecule has 0 saturated carbocycles. The van der Waals surface area contributed by atoms with E-state index in [4.69, 9.17) is 0 Å². The number of aryl methyl sites for hydroxylation is 1. The third-order valence-corrected chi connectivity index (χ3v) is 6.44. The van der Waals surface area contributed by atoms with E-state index in [9.17, 15) is 27.2 Å². The SMILES string of the molecule is Cc1nc2c(-c3ccc[nH]c3=O)c(C(=O)NS(C)(=O)=O)n(Cc3cc4c(=O)[nH]cnc4cc3F)c2cc1F. The fourth-order valence-electron chi connectivity index (χ4n) is 4.25. The summed E-state index contributed by atoms with van der Waals surface area (Å²) in [5.41, 5.74) is -1.71. The lowest BCUT2D eigenvalue weighted by Gasteiger charge is -2.13. The number of hydrogen-bond donors (Lipinski definition) is 3. The average molecular weight is 541 g/mol. The predicted octanol–water partition coefficient (Wildman–Crippen LogP) is 1.95. The number of amides is 1. The van der Waals surface area contributed by atoms with Crippen LogP contribution in [0.15, 0.2) is 52.4 Å². The number of halogens is 2. The number of sulfonamides is 1. The van der Waals surface area contributed by atoms with Gasteiger partial charge in [-0.05, 0) is 25.1 Å². The third-order valence-electron chi connectivity index (χ3n) is 5.88. The van der Waals surface area contributed by atoms with Gasteiger partial charge in [-0.1, -0.05) is 0 Å². The molecule has 3 N–H and O–H groups in total. The van der Waals surface area contributed by atoms with E-state index in [1.807, 2.05) is 4.72 Å². The molecule has 0 aliphatic carbocycles. The molecular formula is C24H18F2N6O5S. The number of aromatic amines is 2. The number of nitrogens with zero attached hydrogens (tertiary/aromatic N) is 3. The summed E-state index contributed by atoms with van der Waals surface area (Å²) in [7, 11) is -4.09. The van der Waals surface area contributed by atoms with Crippen LogP contribution in [0, 0.1) is 18.6 Å². The van der Waals surface area contributed by atoms with E-state index in [2.05, 4.69) is 19.9 Å². The molecule has 0 atom stereocenters. The first kappa shape index (κ1) is 25.0. The molecule has 4 heterocycles. The molecule has 38 heavy (non-hydrogen) atoms. The highest BCUT2D eigenvalue weighted by molar-refractivity contribution is 7.89. The Hall–Kier alpha value is -4.72. The van der Waals surface area contributed by atoms with Crippen molar-refractivity contribution in [3.63, 3.8) is 0 Å². The van der Waals surface area contributed by atoms with Gasteiger partial charge in [0.05, 0.1) is 52.3 Å². The summed E-state index contributed by atoms with van der Waals surface area (Å²) in [6.07, 6.45) is 3.24. The molecule has 0 aliphatic heterocycles. The summed E-state index contributed by atoms with van der Waals surface area (Å²) < 4.78 is 56.9. The maximum absolute atomic E-state index is 15.2. The number of H-pyrrole nitrogens is 2. The van der Waals surface area contributed by atoms with Gasteiger partial charge in [0.2, 0.25) is 10.0 Å². The summed E-state index contributed by atoms with van der Waals surface area (Å²) in [6, 6.07) is 6.19. The molecule has 0 fully saturated rings. The number of rotatable bonds is 5. The smallest absolute Gasteiger partial charge is 0.282 e. The zero-order chi connectivity index (χ0) is 27.4. The van der Waals surface area contributed by atoms with Gasteiger partial charge < -0.3 is 14.5 Å². The minimum atomic E-state index is -4.09. The van der Waals surface area contributed by atoms with Gasteiger partial charge in [-0.25, -0.2) is 31.9 Å². The minimum absolute atomic E-state index is 0.00963. The average Bonchev–Trinajstić information content (AvgIpc) is 3.12. The van der Waals surface area contributed by atoms with Gasteiger partial charge in [-0.2, -0.15) is 0 Å². The Balaban J connectivity index is 1.88. The molecule has 14 heteroatoms. The van der Waals surface area contributed by atoms with E-state index in [1.165, 1.54) is 31.3 Å². The number of benzene rings is 1. The highest BCUT2D eigenvalue weighted by atomic mass is 32.2. The second-order valence-corrected chi connectivity index (χ2v) is 10.3. The van der Waals surface area contributed by atoms with Gasteiger partial charge in [-0.3, -0.25) is 14.4 Å². The van der Waals surface area contributed by atoms with Crippen LogP contribution in [0.4, 0.5) is 8.78 Å². The van der Waals surface area contributed by atoms with Crippen molar-refractivity contribution in [2.24, 2.45) is 0 Å². The molecule has 5 rings (SSSR count). The molecule has 0 saturated heterocycles. The van der Waals surface area contributed by atoms with Crippen molar-refractivity contribution in [2.45, 2.75) is 13.5 Å². The van der Waals surface area contributed by atoms with Crippen molar-refractivity contribution in [1.82, 2.24) is 29.2 Å². The normalized spacial score (nSPS) is 11.8. The van der Waals surface area contributed by atoms with Crippen molar-refractivity contribution in [1.29, 1.82) is 0 Å². The van der Waals surface area contributed by atoms with E-state index in [-0.39, 0.29) is 50.0 Å². The fraction of sp³-hybridized carbons (Fsp3) is 0.125. The Labute approximate surface area is 212 Å². The largest absolute Gasteiger partial charge is 0.330 e. The number of fused-ring (bicyclic) bond motifs is 2. The van der Waals surface area contributed by atoms with Crippen LogP contribution in [0.2, 0.25) is 0 Å². The molecule has 0 bridgehead atoms. The zero-order valence-electron chi connectivity index (χ0n) is 19.8. The van der Waals surface area contributed by atoms with Crippen LogP contribution in [0.25, 0.3) is 33.1 Å². The Bertz CT molecular complexity index is 2010. The number of pyridine rings is 2. The quantitative estimate of drug-likeness (QED) is 0.307. The number of aromatic nitrogens is 5. The third kappa shape index (κ3) is 4.34. The lowest BCUT2D eigenvalue weighted by Crippen LogP contribution is -2.32. The molecule has 11 nitrogen and oxygen atoms in total.